The molecule has 0 aliphatic carbocycles. The van der Waals surface area contributed by atoms with Gasteiger partial charge in [-0.15, -0.1) is 0 Å². The average Bonchev–Trinajstić information content (AvgIpc) is 2.59. The first-order valence-electron chi connectivity index (χ1n) is 8.30. The summed E-state index contributed by atoms with van der Waals surface area (Å²) in [6.45, 7) is 6.04. The molecule has 0 atom stereocenters. The smallest absolute Gasteiger partial charge is 0.276 e. The van der Waals surface area contributed by atoms with Crippen LogP contribution in [0.15, 0.2) is 53.0 Å². The highest BCUT2D eigenvalue weighted by Gasteiger charge is 2.20. The van der Waals surface area contributed by atoms with Crippen LogP contribution in [0.2, 0.25) is 0 Å². The number of carbonyl (C=O) groups is 2. The summed E-state index contributed by atoms with van der Waals surface area (Å²) in [6.07, 6.45) is 0.197. The fraction of sp³-hybridized carbons (Fsp3) is 0.300. The Labute approximate surface area is 162 Å². The minimum absolute atomic E-state index is 0.126. The van der Waals surface area contributed by atoms with Gasteiger partial charge in [0.2, 0.25) is 5.91 Å². The van der Waals surface area contributed by atoms with Gasteiger partial charge >= 0.3 is 0 Å². The Balaban J connectivity index is 1.85. The molecule has 0 unspecified atom stereocenters. The molecule has 2 aromatic carbocycles. The Hall–Kier alpha value is -2.34. The Kier molecular flexibility index (Phi) is 6.80. The van der Waals surface area contributed by atoms with Crippen molar-refractivity contribution < 1.29 is 14.3 Å². The van der Waals surface area contributed by atoms with Crippen molar-refractivity contribution in [1.82, 2.24) is 10.9 Å². The number of benzene rings is 2. The Bertz CT molecular complexity index is 770. The van der Waals surface area contributed by atoms with Crippen LogP contribution in [-0.4, -0.2) is 18.4 Å². The van der Waals surface area contributed by atoms with E-state index >= 15 is 0 Å². The van der Waals surface area contributed by atoms with E-state index in [1.54, 1.807) is 0 Å². The summed E-state index contributed by atoms with van der Waals surface area (Å²) in [6, 6.07) is 15.0. The maximum absolute atomic E-state index is 11.9. The maximum Gasteiger partial charge on any atom is 0.276 e. The minimum atomic E-state index is -0.422. The molecule has 0 aliphatic heterocycles. The predicted octanol–water partition coefficient (Wildman–Crippen LogP) is 3.52. The van der Waals surface area contributed by atoms with Gasteiger partial charge in [0.25, 0.3) is 5.91 Å². The normalized spacial score (nSPS) is 10.9. The first-order chi connectivity index (χ1) is 12.3. The molecule has 2 aromatic rings. The van der Waals surface area contributed by atoms with Crippen molar-refractivity contribution in [3.8, 4) is 5.75 Å². The van der Waals surface area contributed by atoms with E-state index in [0.29, 0.717) is 5.75 Å². The topological polar surface area (TPSA) is 67.4 Å². The summed E-state index contributed by atoms with van der Waals surface area (Å²) in [5.74, 6) is -0.0655. The molecule has 0 radical (unpaired) electrons. The monoisotopic (exact) mass is 418 g/mol. The summed E-state index contributed by atoms with van der Waals surface area (Å²) in [7, 11) is 0. The van der Waals surface area contributed by atoms with Crippen LogP contribution >= 0.6 is 15.9 Å². The molecule has 26 heavy (non-hydrogen) atoms. The zero-order chi connectivity index (χ0) is 19.2. The van der Waals surface area contributed by atoms with Gasteiger partial charge in [0, 0.05) is 10.0 Å². The molecule has 0 saturated carbocycles. The Morgan fingerprint density at radius 1 is 1.00 bits per heavy atom. The van der Waals surface area contributed by atoms with E-state index < -0.39 is 5.91 Å². The van der Waals surface area contributed by atoms with Gasteiger partial charge in [0.1, 0.15) is 5.75 Å². The fourth-order valence-electron chi connectivity index (χ4n) is 2.36. The van der Waals surface area contributed by atoms with Crippen LogP contribution in [-0.2, 0) is 21.4 Å². The first kappa shape index (κ1) is 20.0. The third kappa shape index (κ3) is 6.19. The van der Waals surface area contributed by atoms with Crippen LogP contribution < -0.4 is 15.6 Å². The molecular weight excluding hydrogens is 396 g/mol. The highest BCUT2D eigenvalue weighted by Crippen LogP contribution is 2.33. The number of hydrogen-bond donors (Lipinski definition) is 2. The predicted molar refractivity (Wildman–Crippen MR) is 105 cm³/mol. The Morgan fingerprint density at radius 3 is 2.31 bits per heavy atom. The molecule has 2 amide bonds. The maximum atomic E-state index is 11.9. The highest BCUT2D eigenvalue weighted by atomic mass is 79.9. The molecule has 2 N–H and O–H groups in total. The molecular formula is C20H23BrN2O3. The molecule has 0 spiro atoms. The van der Waals surface area contributed by atoms with Crippen molar-refractivity contribution in [1.29, 1.82) is 0 Å². The standard InChI is InChI=1S/C20H23BrN2O3/c1-20(2,3)16-12-15(21)9-10-17(16)26-13-19(25)23-22-18(24)11-14-7-5-4-6-8-14/h4-10,12H,11,13H2,1-3H3,(H,22,24)(H,23,25). The number of halogens is 1. The first-order valence-corrected chi connectivity index (χ1v) is 9.09. The van der Waals surface area contributed by atoms with E-state index in [1.165, 1.54) is 0 Å². The SMILES string of the molecule is CC(C)(C)c1cc(Br)ccc1OCC(=O)NNC(=O)Cc1ccccc1. The molecule has 0 bridgehead atoms. The molecule has 0 saturated heterocycles. The van der Waals surface area contributed by atoms with Crippen molar-refractivity contribution in [3.05, 3.63) is 64.1 Å². The van der Waals surface area contributed by atoms with Gasteiger partial charge in [0.15, 0.2) is 6.61 Å². The number of hydrogen-bond acceptors (Lipinski definition) is 3. The second-order valence-electron chi connectivity index (χ2n) is 6.94. The summed E-state index contributed by atoms with van der Waals surface area (Å²) in [4.78, 5) is 23.8. The lowest BCUT2D eigenvalue weighted by molar-refractivity contribution is -0.129. The minimum Gasteiger partial charge on any atom is -0.483 e. The molecule has 0 aliphatic rings. The Morgan fingerprint density at radius 2 is 1.65 bits per heavy atom. The molecule has 0 heterocycles. The summed E-state index contributed by atoms with van der Waals surface area (Å²) in [5.41, 5.74) is 6.51. The van der Waals surface area contributed by atoms with Crippen molar-refractivity contribution in [2.24, 2.45) is 0 Å². The van der Waals surface area contributed by atoms with E-state index in [0.717, 1.165) is 15.6 Å². The highest BCUT2D eigenvalue weighted by molar-refractivity contribution is 9.10. The van der Waals surface area contributed by atoms with Crippen LogP contribution in [0.4, 0.5) is 0 Å². The lowest BCUT2D eigenvalue weighted by atomic mass is 9.86. The molecule has 0 aromatic heterocycles. The van der Waals surface area contributed by atoms with E-state index in [2.05, 4.69) is 47.6 Å². The fourth-order valence-corrected chi connectivity index (χ4v) is 2.72. The number of hydrazine groups is 1. The molecule has 2 rings (SSSR count). The quantitative estimate of drug-likeness (QED) is 0.729. The van der Waals surface area contributed by atoms with Crippen LogP contribution in [0, 0.1) is 0 Å². The van der Waals surface area contributed by atoms with E-state index in [-0.39, 0.29) is 24.3 Å². The largest absolute Gasteiger partial charge is 0.483 e. The van der Waals surface area contributed by atoms with Crippen LogP contribution in [0.25, 0.3) is 0 Å². The van der Waals surface area contributed by atoms with Crippen molar-refractivity contribution in [3.63, 3.8) is 0 Å². The van der Waals surface area contributed by atoms with Crippen molar-refractivity contribution in [2.75, 3.05) is 6.61 Å². The van der Waals surface area contributed by atoms with Gasteiger partial charge in [-0.1, -0.05) is 67.0 Å². The van der Waals surface area contributed by atoms with Gasteiger partial charge in [-0.2, -0.15) is 0 Å². The van der Waals surface area contributed by atoms with Gasteiger partial charge < -0.3 is 4.74 Å². The van der Waals surface area contributed by atoms with Gasteiger partial charge in [-0.3, -0.25) is 20.4 Å². The second-order valence-corrected chi connectivity index (χ2v) is 7.85. The summed E-state index contributed by atoms with van der Waals surface area (Å²) < 4.78 is 6.60. The van der Waals surface area contributed by atoms with Gasteiger partial charge in [-0.25, -0.2) is 0 Å². The third-order valence-corrected chi connectivity index (χ3v) is 4.15. The van der Waals surface area contributed by atoms with Gasteiger partial charge in [0.05, 0.1) is 6.42 Å². The van der Waals surface area contributed by atoms with E-state index in [9.17, 15) is 9.59 Å². The summed E-state index contributed by atoms with van der Waals surface area (Å²) in [5, 5.41) is 0. The number of carbonyl (C=O) groups excluding carboxylic acids is 2. The number of nitrogens with one attached hydrogen (secondary N) is 2. The second kappa shape index (κ2) is 8.85. The number of rotatable bonds is 5. The lowest BCUT2D eigenvalue weighted by Crippen LogP contribution is -2.44. The molecule has 6 heteroatoms. The molecule has 5 nitrogen and oxygen atoms in total. The van der Waals surface area contributed by atoms with Crippen molar-refractivity contribution in [2.45, 2.75) is 32.6 Å². The lowest BCUT2D eigenvalue weighted by Gasteiger charge is -2.23. The number of amides is 2. The van der Waals surface area contributed by atoms with Crippen LogP contribution in [0.1, 0.15) is 31.9 Å². The van der Waals surface area contributed by atoms with E-state index in [4.69, 9.17) is 4.74 Å². The van der Waals surface area contributed by atoms with Crippen molar-refractivity contribution >= 4 is 27.7 Å². The summed E-state index contributed by atoms with van der Waals surface area (Å²) >= 11 is 3.45. The van der Waals surface area contributed by atoms with Crippen LogP contribution in [0.5, 0.6) is 5.75 Å². The average molecular weight is 419 g/mol. The third-order valence-electron chi connectivity index (χ3n) is 3.66. The van der Waals surface area contributed by atoms with Crippen LogP contribution in [0.3, 0.4) is 0 Å². The number of ether oxygens (including phenoxy) is 1. The van der Waals surface area contributed by atoms with Gasteiger partial charge in [-0.05, 0) is 29.2 Å². The zero-order valence-corrected chi connectivity index (χ0v) is 16.7. The zero-order valence-electron chi connectivity index (χ0n) is 15.1. The molecule has 0 fully saturated rings. The van der Waals surface area contributed by atoms with E-state index in [1.807, 2.05) is 48.5 Å². The molecule has 138 valence electrons.